The summed E-state index contributed by atoms with van der Waals surface area (Å²) in [5, 5.41) is 10.0. The maximum atomic E-state index is 11.8. The van der Waals surface area contributed by atoms with E-state index in [1.807, 2.05) is 13.8 Å². The summed E-state index contributed by atoms with van der Waals surface area (Å²) in [6.07, 6.45) is -2.76. The van der Waals surface area contributed by atoms with Gasteiger partial charge in [0.25, 0.3) is 0 Å². The van der Waals surface area contributed by atoms with Crippen LogP contribution in [-0.2, 0) is 28.5 Å². The molecule has 1 fully saturated rings. The number of hydrogen-bond donors (Lipinski definition) is 1. The first-order valence-corrected chi connectivity index (χ1v) is 7.69. The smallest absolute Gasteiger partial charge is 0.306 e. The van der Waals surface area contributed by atoms with Crippen LogP contribution in [0.2, 0.25) is 0 Å². The topological polar surface area (TPSA) is 91.3 Å². The zero-order valence-corrected chi connectivity index (χ0v) is 13.6. The fraction of sp³-hybridized carbons (Fsp3) is 0.867. The van der Waals surface area contributed by atoms with Crippen LogP contribution in [0.1, 0.15) is 46.5 Å². The van der Waals surface area contributed by atoms with Crippen molar-refractivity contribution in [2.45, 2.75) is 77.2 Å². The highest BCUT2D eigenvalue weighted by atomic mass is 16.7. The lowest BCUT2D eigenvalue weighted by molar-refractivity contribution is -0.289. The number of carbonyl (C=O) groups excluding carboxylic acids is 2. The minimum absolute atomic E-state index is 0.214. The fourth-order valence-electron chi connectivity index (χ4n) is 2.41. The average molecular weight is 318 g/mol. The van der Waals surface area contributed by atoms with Gasteiger partial charge in [0.2, 0.25) is 0 Å². The molecule has 0 aliphatic carbocycles. The first-order valence-electron chi connectivity index (χ1n) is 7.69. The van der Waals surface area contributed by atoms with Crippen LogP contribution in [0.25, 0.3) is 0 Å². The minimum Gasteiger partial charge on any atom is -0.455 e. The first-order chi connectivity index (χ1) is 10.4. The highest BCUT2D eigenvalue weighted by Crippen LogP contribution is 2.27. The number of aliphatic hydroxyl groups excluding tert-OH is 1. The Labute approximate surface area is 130 Å². The molecule has 1 heterocycles. The molecular weight excluding hydrogens is 292 g/mol. The monoisotopic (exact) mass is 318 g/mol. The Morgan fingerprint density at radius 3 is 1.95 bits per heavy atom. The van der Waals surface area contributed by atoms with E-state index in [-0.39, 0.29) is 12.8 Å². The van der Waals surface area contributed by atoms with Crippen molar-refractivity contribution in [3.8, 4) is 0 Å². The van der Waals surface area contributed by atoms with Gasteiger partial charge >= 0.3 is 11.9 Å². The summed E-state index contributed by atoms with van der Waals surface area (Å²) in [5.74, 6) is -0.900. The Kier molecular flexibility index (Phi) is 7.78. The standard InChI is InChI=1S/C15H26O7/c1-5-7-10(16)21-13-12(19-4)9(3)20-15(18)14(13)22-11(17)8-6-2/h9,12-15,18H,5-8H2,1-4H3. The predicted molar refractivity (Wildman–Crippen MR) is 76.9 cm³/mol. The summed E-state index contributed by atoms with van der Waals surface area (Å²) < 4.78 is 21.3. The Bertz CT molecular complexity index is 371. The van der Waals surface area contributed by atoms with Crippen LogP contribution in [0, 0.1) is 0 Å². The van der Waals surface area contributed by atoms with Gasteiger partial charge in [-0.25, -0.2) is 0 Å². The van der Waals surface area contributed by atoms with Crippen LogP contribution in [0.5, 0.6) is 0 Å². The number of hydrogen-bond acceptors (Lipinski definition) is 7. The Balaban J connectivity index is 2.89. The van der Waals surface area contributed by atoms with E-state index in [1.165, 1.54) is 7.11 Å². The largest absolute Gasteiger partial charge is 0.455 e. The van der Waals surface area contributed by atoms with Crippen molar-refractivity contribution < 1.29 is 33.6 Å². The summed E-state index contributed by atoms with van der Waals surface area (Å²) in [5.41, 5.74) is 0. The van der Waals surface area contributed by atoms with E-state index in [0.29, 0.717) is 12.8 Å². The summed E-state index contributed by atoms with van der Waals surface area (Å²) >= 11 is 0. The maximum absolute atomic E-state index is 11.8. The van der Waals surface area contributed by atoms with Gasteiger partial charge in [0.15, 0.2) is 18.5 Å². The molecule has 0 amide bonds. The van der Waals surface area contributed by atoms with Crippen molar-refractivity contribution in [2.75, 3.05) is 7.11 Å². The molecule has 1 aliphatic rings. The number of ether oxygens (including phenoxy) is 4. The molecule has 22 heavy (non-hydrogen) atoms. The molecule has 0 saturated carbocycles. The van der Waals surface area contributed by atoms with Crippen molar-refractivity contribution in [2.24, 2.45) is 0 Å². The lowest BCUT2D eigenvalue weighted by Crippen LogP contribution is -2.60. The summed E-state index contributed by atoms with van der Waals surface area (Å²) in [6, 6.07) is 0. The van der Waals surface area contributed by atoms with Gasteiger partial charge in [0.1, 0.15) is 6.10 Å². The van der Waals surface area contributed by atoms with Gasteiger partial charge in [-0.3, -0.25) is 9.59 Å². The van der Waals surface area contributed by atoms with E-state index in [2.05, 4.69) is 0 Å². The highest BCUT2D eigenvalue weighted by Gasteiger charge is 2.48. The van der Waals surface area contributed by atoms with Gasteiger partial charge in [-0.1, -0.05) is 13.8 Å². The molecule has 7 nitrogen and oxygen atoms in total. The molecule has 1 saturated heterocycles. The van der Waals surface area contributed by atoms with Crippen molar-refractivity contribution >= 4 is 11.9 Å². The number of esters is 2. The molecule has 0 bridgehead atoms. The van der Waals surface area contributed by atoms with E-state index in [4.69, 9.17) is 18.9 Å². The second-order valence-electron chi connectivity index (χ2n) is 5.34. The summed E-state index contributed by atoms with van der Waals surface area (Å²) in [7, 11) is 1.45. The number of carbonyl (C=O) groups is 2. The van der Waals surface area contributed by atoms with Crippen LogP contribution < -0.4 is 0 Å². The Morgan fingerprint density at radius 1 is 1.00 bits per heavy atom. The second-order valence-corrected chi connectivity index (χ2v) is 5.34. The summed E-state index contributed by atoms with van der Waals surface area (Å²) in [4.78, 5) is 23.5. The average Bonchev–Trinajstić information content (AvgIpc) is 2.43. The Hall–Kier alpha value is -1.18. The molecule has 5 atom stereocenters. The maximum Gasteiger partial charge on any atom is 0.306 e. The van der Waals surface area contributed by atoms with E-state index in [1.54, 1.807) is 6.92 Å². The van der Waals surface area contributed by atoms with Crippen molar-refractivity contribution in [3.05, 3.63) is 0 Å². The molecule has 5 unspecified atom stereocenters. The van der Waals surface area contributed by atoms with Crippen LogP contribution in [0.4, 0.5) is 0 Å². The van der Waals surface area contributed by atoms with Gasteiger partial charge in [-0.15, -0.1) is 0 Å². The van der Waals surface area contributed by atoms with Crippen molar-refractivity contribution in [1.29, 1.82) is 0 Å². The molecule has 1 rings (SSSR count). The molecule has 0 aromatic carbocycles. The number of aliphatic hydroxyl groups is 1. The zero-order valence-electron chi connectivity index (χ0n) is 13.6. The number of rotatable bonds is 7. The SMILES string of the molecule is CCCC(=O)OC1C(O)OC(C)C(OC)C1OC(=O)CCC. The molecule has 1 N–H and O–H groups in total. The Morgan fingerprint density at radius 2 is 1.50 bits per heavy atom. The van der Waals surface area contributed by atoms with Crippen molar-refractivity contribution in [1.82, 2.24) is 0 Å². The zero-order chi connectivity index (χ0) is 16.7. The van der Waals surface area contributed by atoms with Gasteiger partial charge in [-0.2, -0.15) is 0 Å². The fourth-order valence-corrected chi connectivity index (χ4v) is 2.41. The van der Waals surface area contributed by atoms with Crippen LogP contribution >= 0.6 is 0 Å². The summed E-state index contributed by atoms with van der Waals surface area (Å²) in [6.45, 7) is 5.39. The molecule has 0 radical (unpaired) electrons. The predicted octanol–water partition coefficient (Wildman–Crippen LogP) is 1.16. The molecule has 0 spiro atoms. The van der Waals surface area contributed by atoms with Crippen LogP contribution in [0.15, 0.2) is 0 Å². The van der Waals surface area contributed by atoms with E-state index in [9.17, 15) is 14.7 Å². The van der Waals surface area contributed by atoms with Crippen LogP contribution in [0.3, 0.4) is 0 Å². The van der Waals surface area contributed by atoms with E-state index >= 15 is 0 Å². The first kappa shape index (κ1) is 18.9. The van der Waals surface area contributed by atoms with Crippen LogP contribution in [-0.4, -0.2) is 54.9 Å². The molecular formula is C15H26O7. The third-order valence-corrected chi connectivity index (χ3v) is 3.46. The highest BCUT2D eigenvalue weighted by molar-refractivity contribution is 5.70. The van der Waals surface area contributed by atoms with Gasteiger partial charge in [0.05, 0.1) is 6.10 Å². The van der Waals surface area contributed by atoms with E-state index in [0.717, 1.165) is 0 Å². The van der Waals surface area contributed by atoms with E-state index < -0.39 is 42.6 Å². The van der Waals surface area contributed by atoms with Gasteiger partial charge < -0.3 is 24.1 Å². The third kappa shape index (κ3) is 4.93. The van der Waals surface area contributed by atoms with Crippen molar-refractivity contribution in [3.63, 3.8) is 0 Å². The normalized spacial score (nSPS) is 31.6. The molecule has 7 heteroatoms. The van der Waals surface area contributed by atoms with Gasteiger partial charge in [0, 0.05) is 20.0 Å². The lowest BCUT2D eigenvalue weighted by atomic mass is 9.99. The minimum atomic E-state index is -1.36. The van der Waals surface area contributed by atoms with Gasteiger partial charge in [-0.05, 0) is 19.8 Å². The number of methoxy groups -OCH3 is 1. The molecule has 128 valence electrons. The molecule has 0 aromatic heterocycles. The molecule has 1 aliphatic heterocycles. The molecule has 0 aromatic rings. The quantitative estimate of drug-likeness (QED) is 0.704. The second kappa shape index (κ2) is 9.07. The lowest BCUT2D eigenvalue weighted by Gasteiger charge is -2.42. The third-order valence-electron chi connectivity index (χ3n) is 3.46.